The fourth-order valence-electron chi connectivity index (χ4n) is 1.82. The molecule has 0 bridgehead atoms. The third kappa shape index (κ3) is 1.35. The van der Waals surface area contributed by atoms with Crippen molar-refractivity contribution in [3.05, 3.63) is 16.3 Å². The molecule has 3 nitrogen and oxygen atoms in total. The van der Waals surface area contributed by atoms with Gasteiger partial charge in [-0.3, -0.25) is 4.31 Å². The molecule has 2 heterocycles. The van der Waals surface area contributed by atoms with E-state index in [-0.39, 0.29) is 5.41 Å². The highest BCUT2D eigenvalue weighted by Crippen LogP contribution is 2.44. The Morgan fingerprint density at radius 1 is 1.50 bits per heavy atom. The molecule has 0 atom stereocenters. The Morgan fingerprint density at radius 3 is 2.71 bits per heavy atom. The van der Waals surface area contributed by atoms with Crippen LogP contribution in [0.3, 0.4) is 0 Å². The van der Waals surface area contributed by atoms with E-state index in [0.29, 0.717) is 6.54 Å². The lowest BCUT2D eigenvalue weighted by Crippen LogP contribution is -2.33. The molecular formula is C9H13NO2S2. The summed E-state index contributed by atoms with van der Waals surface area (Å²) in [7, 11) is -3.12. The van der Waals surface area contributed by atoms with Gasteiger partial charge in [0.2, 0.25) is 10.0 Å². The third-order valence-electron chi connectivity index (χ3n) is 2.47. The predicted octanol–water partition coefficient (Wildman–Crippen LogP) is 1.81. The van der Waals surface area contributed by atoms with Gasteiger partial charge in [0.25, 0.3) is 0 Å². The van der Waals surface area contributed by atoms with Gasteiger partial charge < -0.3 is 0 Å². The fraction of sp³-hybridized carbons (Fsp3) is 0.556. The van der Waals surface area contributed by atoms with Crippen LogP contribution in [0.2, 0.25) is 0 Å². The monoisotopic (exact) mass is 231 g/mol. The summed E-state index contributed by atoms with van der Waals surface area (Å²) in [6, 6.07) is 1.88. The van der Waals surface area contributed by atoms with Gasteiger partial charge in [-0.2, -0.15) is 0 Å². The van der Waals surface area contributed by atoms with Gasteiger partial charge in [-0.15, -0.1) is 11.3 Å². The highest BCUT2D eigenvalue weighted by atomic mass is 32.2. The van der Waals surface area contributed by atoms with E-state index in [1.54, 1.807) is 11.3 Å². The first-order valence-electron chi connectivity index (χ1n) is 4.38. The Bertz CT molecular complexity index is 459. The molecule has 0 unspecified atom stereocenters. The maximum atomic E-state index is 11.5. The molecule has 0 amide bonds. The van der Waals surface area contributed by atoms with E-state index in [1.807, 2.05) is 11.4 Å². The SMILES string of the molecule is CC1(C)CN(S(C)(=O)=O)c2ccsc21. The molecule has 0 radical (unpaired) electrons. The van der Waals surface area contributed by atoms with Crippen molar-refractivity contribution in [1.29, 1.82) is 0 Å². The fourth-order valence-corrected chi connectivity index (χ4v) is 3.96. The average molecular weight is 231 g/mol. The quantitative estimate of drug-likeness (QED) is 0.739. The van der Waals surface area contributed by atoms with E-state index in [9.17, 15) is 8.42 Å². The molecule has 5 heteroatoms. The maximum Gasteiger partial charge on any atom is 0.232 e. The van der Waals surface area contributed by atoms with Gasteiger partial charge in [0.15, 0.2) is 0 Å². The highest BCUT2D eigenvalue weighted by molar-refractivity contribution is 7.92. The zero-order valence-corrected chi connectivity index (χ0v) is 10.1. The average Bonchev–Trinajstić information content (AvgIpc) is 2.51. The van der Waals surface area contributed by atoms with Crippen molar-refractivity contribution in [3.8, 4) is 0 Å². The molecule has 0 spiro atoms. The second kappa shape index (κ2) is 2.73. The van der Waals surface area contributed by atoms with Gasteiger partial charge in [0, 0.05) is 16.8 Å². The van der Waals surface area contributed by atoms with Crippen LogP contribution in [0.4, 0.5) is 5.69 Å². The van der Waals surface area contributed by atoms with Crippen molar-refractivity contribution in [2.75, 3.05) is 17.1 Å². The normalized spacial score (nSPS) is 19.8. The Balaban J connectivity index is 2.57. The van der Waals surface area contributed by atoms with Crippen LogP contribution in [0.15, 0.2) is 11.4 Å². The number of anilines is 1. The van der Waals surface area contributed by atoms with Crippen molar-refractivity contribution in [2.24, 2.45) is 0 Å². The topological polar surface area (TPSA) is 37.4 Å². The van der Waals surface area contributed by atoms with Crippen LogP contribution in [0.5, 0.6) is 0 Å². The van der Waals surface area contributed by atoms with Gasteiger partial charge in [-0.05, 0) is 11.4 Å². The zero-order valence-electron chi connectivity index (χ0n) is 8.44. The van der Waals surface area contributed by atoms with E-state index in [0.717, 1.165) is 5.69 Å². The summed E-state index contributed by atoms with van der Waals surface area (Å²) in [5.74, 6) is 0. The molecule has 78 valence electrons. The summed E-state index contributed by atoms with van der Waals surface area (Å²) < 4.78 is 24.5. The van der Waals surface area contributed by atoms with Crippen molar-refractivity contribution in [2.45, 2.75) is 19.3 Å². The molecule has 0 saturated carbocycles. The van der Waals surface area contributed by atoms with Gasteiger partial charge in [-0.25, -0.2) is 8.42 Å². The largest absolute Gasteiger partial charge is 0.268 e. The second-order valence-electron chi connectivity index (χ2n) is 4.29. The number of hydrogen-bond acceptors (Lipinski definition) is 3. The van der Waals surface area contributed by atoms with E-state index < -0.39 is 10.0 Å². The molecule has 0 N–H and O–H groups in total. The molecule has 0 aliphatic carbocycles. The highest BCUT2D eigenvalue weighted by Gasteiger charge is 2.39. The van der Waals surface area contributed by atoms with Crippen LogP contribution in [0.1, 0.15) is 18.7 Å². The lowest BCUT2D eigenvalue weighted by molar-refractivity contribution is 0.562. The maximum absolute atomic E-state index is 11.5. The smallest absolute Gasteiger partial charge is 0.232 e. The first-order chi connectivity index (χ1) is 6.32. The van der Waals surface area contributed by atoms with Gasteiger partial charge in [-0.1, -0.05) is 13.8 Å². The first-order valence-corrected chi connectivity index (χ1v) is 7.11. The summed E-state index contributed by atoms with van der Waals surface area (Å²) in [6.45, 7) is 4.72. The number of fused-ring (bicyclic) bond motifs is 1. The Hall–Kier alpha value is -0.550. The van der Waals surface area contributed by atoms with Gasteiger partial charge in [0.1, 0.15) is 0 Å². The summed E-state index contributed by atoms with van der Waals surface area (Å²) in [5, 5.41) is 1.95. The van der Waals surface area contributed by atoms with Gasteiger partial charge >= 0.3 is 0 Å². The Labute approximate surface area is 88.4 Å². The molecule has 1 aromatic heterocycles. The molecule has 2 rings (SSSR count). The molecule has 0 aromatic carbocycles. The zero-order chi connectivity index (χ0) is 10.6. The van der Waals surface area contributed by atoms with Crippen LogP contribution in [-0.2, 0) is 15.4 Å². The Morgan fingerprint density at radius 2 is 2.14 bits per heavy atom. The van der Waals surface area contributed by atoms with Crippen LogP contribution >= 0.6 is 11.3 Å². The van der Waals surface area contributed by atoms with Crippen molar-refractivity contribution in [3.63, 3.8) is 0 Å². The second-order valence-corrected chi connectivity index (χ2v) is 7.11. The standard InChI is InChI=1S/C9H13NO2S2/c1-9(2)6-10(14(3,11)12)7-4-5-13-8(7)9/h4-5H,6H2,1-3H3. The molecule has 1 aliphatic rings. The third-order valence-corrected chi connectivity index (χ3v) is 4.86. The lowest BCUT2D eigenvalue weighted by Gasteiger charge is -2.20. The van der Waals surface area contributed by atoms with E-state index in [4.69, 9.17) is 0 Å². The summed E-state index contributed by atoms with van der Waals surface area (Å²) in [5.41, 5.74) is 0.814. The van der Waals surface area contributed by atoms with Crippen molar-refractivity contribution < 1.29 is 8.42 Å². The minimum Gasteiger partial charge on any atom is -0.268 e. The summed E-state index contributed by atoms with van der Waals surface area (Å²) in [4.78, 5) is 1.17. The summed E-state index contributed by atoms with van der Waals surface area (Å²) >= 11 is 1.63. The molecule has 0 fully saturated rings. The van der Waals surface area contributed by atoms with E-state index >= 15 is 0 Å². The van der Waals surface area contributed by atoms with Crippen LogP contribution in [0, 0.1) is 0 Å². The number of sulfonamides is 1. The first kappa shape index (κ1) is 9.98. The van der Waals surface area contributed by atoms with E-state index in [1.165, 1.54) is 15.4 Å². The minimum absolute atomic E-state index is 0.0490. The molecule has 14 heavy (non-hydrogen) atoms. The molecule has 1 aromatic rings. The van der Waals surface area contributed by atoms with Crippen LogP contribution in [0.25, 0.3) is 0 Å². The molecule has 0 saturated heterocycles. The van der Waals surface area contributed by atoms with Crippen molar-refractivity contribution in [1.82, 2.24) is 0 Å². The van der Waals surface area contributed by atoms with Crippen molar-refractivity contribution >= 4 is 27.0 Å². The number of hydrogen-bond donors (Lipinski definition) is 0. The number of nitrogens with zero attached hydrogens (tertiary/aromatic N) is 1. The molecular weight excluding hydrogens is 218 g/mol. The minimum atomic E-state index is -3.12. The number of rotatable bonds is 1. The van der Waals surface area contributed by atoms with E-state index in [2.05, 4.69) is 13.8 Å². The lowest BCUT2D eigenvalue weighted by atomic mass is 9.94. The number of thiophene rings is 1. The predicted molar refractivity (Wildman–Crippen MR) is 59.5 cm³/mol. The molecule has 1 aliphatic heterocycles. The van der Waals surface area contributed by atoms with Crippen LogP contribution in [-0.4, -0.2) is 21.2 Å². The van der Waals surface area contributed by atoms with Crippen LogP contribution < -0.4 is 4.31 Å². The Kier molecular flexibility index (Phi) is 1.95. The summed E-state index contributed by atoms with van der Waals surface area (Å²) in [6.07, 6.45) is 1.26. The van der Waals surface area contributed by atoms with Gasteiger partial charge in [0.05, 0.1) is 11.9 Å².